The molecule has 6 heteroatoms. The summed E-state index contributed by atoms with van der Waals surface area (Å²) >= 11 is 11.9. The van der Waals surface area contributed by atoms with Gasteiger partial charge in [-0.05, 0) is 48.0 Å². The maximum atomic E-state index is 10.6. The Labute approximate surface area is 132 Å². The Morgan fingerprint density at radius 2 is 1.71 bits per heavy atom. The molecule has 1 amide bonds. The Kier molecular flexibility index (Phi) is 5.31. The highest BCUT2D eigenvalue weighted by molar-refractivity contribution is 6.34. The predicted octanol–water partition coefficient (Wildman–Crippen LogP) is 3.47. The number of carbonyl (C=O) groups is 1. The SMILES string of the molecule is NC(=O)COc1ccc(NCc2cc(Cl)cc(Cl)c2)cc1. The Morgan fingerprint density at radius 1 is 1.10 bits per heavy atom. The van der Waals surface area contributed by atoms with Crippen molar-refractivity contribution in [3.63, 3.8) is 0 Å². The molecule has 0 spiro atoms. The normalized spacial score (nSPS) is 10.2. The summed E-state index contributed by atoms with van der Waals surface area (Å²) in [7, 11) is 0. The van der Waals surface area contributed by atoms with E-state index in [-0.39, 0.29) is 6.61 Å². The van der Waals surface area contributed by atoms with Crippen LogP contribution in [0.15, 0.2) is 42.5 Å². The van der Waals surface area contributed by atoms with Gasteiger partial charge in [0.15, 0.2) is 6.61 Å². The first-order valence-corrected chi connectivity index (χ1v) is 6.98. The van der Waals surface area contributed by atoms with Gasteiger partial charge in [0.05, 0.1) is 0 Å². The summed E-state index contributed by atoms with van der Waals surface area (Å²) in [6, 6.07) is 12.6. The number of amides is 1. The molecule has 0 saturated carbocycles. The molecule has 4 nitrogen and oxygen atoms in total. The third-order valence-corrected chi connectivity index (χ3v) is 3.09. The lowest BCUT2D eigenvalue weighted by molar-refractivity contribution is -0.119. The van der Waals surface area contributed by atoms with Crippen LogP contribution >= 0.6 is 23.2 Å². The fourth-order valence-electron chi connectivity index (χ4n) is 1.74. The zero-order chi connectivity index (χ0) is 15.2. The molecule has 2 rings (SSSR count). The van der Waals surface area contributed by atoms with E-state index in [4.69, 9.17) is 33.7 Å². The van der Waals surface area contributed by atoms with Crippen molar-refractivity contribution in [2.45, 2.75) is 6.54 Å². The molecule has 0 aliphatic heterocycles. The van der Waals surface area contributed by atoms with E-state index in [9.17, 15) is 4.79 Å². The highest BCUT2D eigenvalue weighted by Gasteiger charge is 2.00. The van der Waals surface area contributed by atoms with E-state index >= 15 is 0 Å². The molecule has 2 aromatic rings. The van der Waals surface area contributed by atoms with Gasteiger partial charge in [-0.1, -0.05) is 23.2 Å². The summed E-state index contributed by atoms with van der Waals surface area (Å²) in [5, 5.41) is 4.46. The fraction of sp³-hybridized carbons (Fsp3) is 0.133. The van der Waals surface area contributed by atoms with Gasteiger partial charge in [0, 0.05) is 22.3 Å². The van der Waals surface area contributed by atoms with E-state index in [1.807, 2.05) is 24.3 Å². The lowest BCUT2D eigenvalue weighted by Crippen LogP contribution is -2.19. The number of halogens is 2. The van der Waals surface area contributed by atoms with Crippen LogP contribution in [0.5, 0.6) is 5.75 Å². The van der Waals surface area contributed by atoms with E-state index in [0.29, 0.717) is 22.3 Å². The first-order valence-electron chi connectivity index (χ1n) is 6.23. The second kappa shape index (κ2) is 7.20. The van der Waals surface area contributed by atoms with E-state index < -0.39 is 5.91 Å². The van der Waals surface area contributed by atoms with Gasteiger partial charge in [-0.2, -0.15) is 0 Å². The largest absolute Gasteiger partial charge is 0.484 e. The van der Waals surface area contributed by atoms with Crippen molar-refractivity contribution in [1.29, 1.82) is 0 Å². The van der Waals surface area contributed by atoms with E-state index in [1.54, 1.807) is 18.2 Å². The summed E-state index contributed by atoms with van der Waals surface area (Å²) in [6.45, 7) is 0.468. The standard InChI is InChI=1S/C15H14Cl2N2O2/c16-11-5-10(6-12(17)7-11)8-19-13-1-3-14(4-2-13)21-9-15(18)20/h1-7,19H,8-9H2,(H2,18,20). The fourth-order valence-corrected chi connectivity index (χ4v) is 2.31. The zero-order valence-corrected chi connectivity index (χ0v) is 12.6. The topological polar surface area (TPSA) is 64.4 Å². The molecule has 0 aliphatic rings. The molecule has 0 aromatic heterocycles. The Hall–Kier alpha value is -1.91. The number of benzene rings is 2. The quantitative estimate of drug-likeness (QED) is 0.855. The molecule has 0 bridgehead atoms. The Bertz CT molecular complexity index is 610. The van der Waals surface area contributed by atoms with Crippen LogP contribution in [0.4, 0.5) is 5.69 Å². The van der Waals surface area contributed by atoms with Crippen LogP contribution in [0.25, 0.3) is 0 Å². The van der Waals surface area contributed by atoms with Gasteiger partial charge in [0.25, 0.3) is 5.91 Å². The number of primary amides is 1. The summed E-state index contributed by atoms with van der Waals surface area (Å²) < 4.78 is 5.18. The molecule has 0 radical (unpaired) electrons. The Balaban J connectivity index is 1.92. The molecule has 0 heterocycles. The van der Waals surface area contributed by atoms with Gasteiger partial charge in [0.1, 0.15) is 5.75 Å². The monoisotopic (exact) mass is 324 g/mol. The number of ether oxygens (including phenoxy) is 1. The second-order valence-electron chi connectivity index (χ2n) is 4.41. The second-order valence-corrected chi connectivity index (χ2v) is 5.28. The molecule has 0 unspecified atom stereocenters. The zero-order valence-electron chi connectivity index (χ0n) is 11.1. The van der Waals surface area contributed by atoms with Crippen LogP contribution < -0.4 is 15.8 Å². The van der Waals surface area contributed by atoms with Crippen molar-refractivity contribution in [2.75, 3.05) is 11.9 Å². The van der Waals surface area contributed by atoms with Crippen LogP contribution in [0.3, 0.4) is 0 Å². The lowest BCUT2D eigenvalue weighted by Gasteiger charge is -2.09. The van der Waals surface area contributed by atoms with Crippen LogP contribution in [-0.2, 0) is 11.3 Å². The molecular weight excluding hydrogens is 311 g/mol. The van der Waals surface area contributed by atoms with Crippen LogP contribution in [0, 0.1) is 0 Å². The first kappa shape index (κ1) is 15.5. The van der Waals surface area contributed by atoms with E-state index in [0.717, 1.165) is 11.3 Å². The number of hydrogen-bond donors (Lipinski definition) is 2. The maximum absolute atomic E-state index is 10.6. The highest BCUT2D eigenvalue weighted by atomic mass is 35.5. The average Bonchev–Trinajstić information content (AvgIpc) is 2.43. The third-order valence-electron chi connectivity index (χ3n) is 2.65. The van der Waals surface area contributed by atoms with Crippen molar-refractivity contribution in [3.05, 3.63) is 58.1 Å². The number of rotatable bonds is 6. The minimum Gasteiger partial charge on any atom is -0.484 e. The number of hydrogen-bond acceptors (Lipinski definition) is 3. The molecule has 0 saturated heterocycles. The molecular formula is C15H14Cl2N2O2. The van der Waals surface area contributed by atoms with Crippen molar-refractivity contribution < 1.29 is 9.53 Å². The van der Waals surface area contributed by atoms with E-state index in [2.05, 4.69) is 5.32 Å². The number of nitrogens with one attached hydrogen (secondary N) is 1. The molecule has 2 aromatic carbocycles. The first-order chi connectivity index (χ1) is 10.0. The van der Waals surface area contributed by atoms with Crippen LogP contribution in [-0.4, -0.2) is 12.5 Å². The summed E-state index contributed by atoms with van der Waals surface area (Å²) in [5.41, 5.74) is 6.91. The van der Waals surface area contributed by atoms with Crippen molar-refractivity contribution in [1.82, 2.24) is 0 Å². The maximum Gasteiger partial charge on any atom is 0.255 e. The predicted molar refractivity (Wildman–Crippen MR) is 84.9 cm³/mol. The smallest absolute Gasteiger partial charge is 0.255 e. The number of carbonyl (C=O) groups excluding carboxylic acids is 1. The van der Waals surface area contributed by atoms with Crippen molar-refractivity contribution >= 4 is 34.8 Å². The Morgan fingerprint density at radius 3 is 2.29 bits per heavy atom. The lowest BCUT2D eigenvalue weighted by atomic mass is 10.2. The minimum atomic E-state index is -0.505. The van der Waals surface area contributed by atoms with Gasteiger partial charge >= 0.3 is 0 Å². The van der Waals surface area contributed by atoms with Gasteiger partial charge in [-0.25, -0.2) is 0 Å². The third kappa shape index (κ3) is 5.17. The molecule has 21 heavy (non-hydrogen) atoms. The van der Waals surface area contributed by atoms with Crippen molar-refractivity contribution in [2.24, 2.45) is 5.73 Å². The van der Waals surface area contributed by atoms with Gasteiger partial charge in [0.2, 0.25) is 0 Å². The summed E-state index contributed by atoms with van der Waals surface area (Å²) in [4.78, 5) is 10.6. The highest BCUT2D eigenvalue weighted by Crippen LogP contribution is 2.21. The average molecular weight is 325 g/mol. The van der Waals surface area contributed by atoms with Crippen LogP contribution in [0.2, 0.25) is 10.0 Å². The molecule has 3 N–H and O–H groups in total. The van der Waals surface area contributed by atoms with Gasteiger partial charge in [-0.15, -0.1) is 0 Å². The molecule has 0 fully saturated rings. The van der Waals surface area contributed by atoms with Gasteiger partial charge < -0.3 is 15.8 Å². The minimum absolute atomic E-state index is 0.131. The van der Waals surface area contributed by atoms with Crippen LogP contribution in [0.1, 0.15) is 5.56 Å². The summed E-state index contributed by atoms with van der Waals surface area (Å²) in [5.74, 6) is 0.0835. The molecule has 110 valence electrons. The summed E-state index contributed by atoms with van der Waals surface area (Å²) in [6.07, 6.45) is 0. The van der Waals surface area contributed by atoms with Crippen molar-refractivity contribution in [3.8, 4) is 5.75 Å². The number of anilines is 1. The molecule has 0 aliphatic carbocycles. The molecule has 0 atom stereocenters. The number of nitrogens with two attached hydrogens (primary N) is 1. The van der Waals surface area contributed by atoms with E-state index in [1.165, 1.54) is 0 Å². The van der Waals surface area contributed by atoms with Gasteiger partial charge in [-0.3, -0.25) is 4.79 Å².